The van der Waals surface area contributed by atoms with E-state index < -0.39 is 29.6 Å². The SMILES string of the molecule is CCOC(=O)c1cc(NC(=O)CN2C(=O)S/C(=C/c3cc(I)c(O)c(OC)c3)C2=O)ccc1Cl. The Balaban J connectivity index is 1.73. The summed E-state index contributed by atoms with van der Waals surface area (Å²) < 4.78 is 10.5. The average molecular weight is 617 g/mol. The van der Waals surface area contributed by atoms with Crippen molar-refractivity contribution >= 4 is 80.7 Å². The van der Waals surface area contributed by atoms with E-state index in [2.05, 4.69) is 5.32 Å². The lowest BCUT2D eigenvalue weighted by atomic mass is 10.2. The number of methoxy groups -OCH3 is 1. The molecule has 2 N–H and O–H groups in total. The smallest absolute Gasteiger partial charge is 0.339 e. The Bertz CT molecular complexity index is 1220. The maximum Gasteiger partial charge on any atom is 0.339 e. The zero-order valence-electron chi connectivity index (χ0n) is 17.9. The fourth-order valence-corrected chi connectivity index (χ4v) is 4.59. The van der Waals surface area contributed by atoms with Crippen molar-refractivity contribution in [1.29, 1.82) is 0 Å². The summed E-state index contributed by atoms with van der Waals surface area (Å²) in [6, 6.07) is 7.42. The number of imide groups is 1. The number of carbonyl (C=O) groups excluding carboxylic acids is 4. The number of halogens is 2. The lowest BCUT2D eigenvalue weighted by Gasteiger charge is -2.13. The third-order valence-corrected chi connectivity index (χ3v) is 6.55. The van der Waals surface area contributed by atoms with Gasteiger partial charge in [0.1, 0.15) is 6.54 Å². The summed E-state index contributed by atoms with van der Waals surface area (Å²) in [5.41, 5.74) is 0.877. The predicted octanol–water partition coefficient (Wildman–Crippen LogP) is 4.51. The maximum absolute atomic E-state index is 12.7. The normalized spacial score (nSPS) is 14.5. The minimum Gasteiger partial charge on any atom is -0.504 e. The number of anilines is 1. The van der Waals surface area contributed by atoms with E-state index in [9.17, 15) is 24.3 Å². The number of nitrogens with zero attached hydrogens (tertiary/aromatic N) is 1. The van der Waals surface area contributed by atoms with Gasteiger partial charge in [0, 0.05) is 5.69 Å². The van der Waals surface area contributed by atoms with Gasteiger partial charge in [0.05, 0.1) is 32.8 Å². The van der Waals surface area contributed by atoms with Gasteiger partial charge in [-0.05, 0) is 83.2 Å². The molecule has 2 aromatic carbocycles. The molecule has 178 valence electrons. The third kappa shape index (κ3) is 5.83. The second kappa shape index (κ2) is 11.1. The Kier molecular flexibility index (Phi) is 8.44. The molecule has 1 aliphatic rings. The van der Waals surface area contributed by atoms with Crippen molar-refractivity contribution < 1.29 is 33.8 Å². The quantitative estimate of drug-likeness (QED) is 0.265. The average Bonchev–Trinajstić information content (AvgIpc) is 3.04. The van der Waals surface area contributed by atoms with Crippen LogP contribution in [0.25, 0.3) is 6.08 Å². The van der Waals surface area contributed by atoms with Crippen LogP contribution in [0, 0.1) is 3.57 Å². The number of esters is 1. The molecule has 1 aliphatic heterocycles. The van der Waals surface area contributed by atoms with Crippen LogP contribution in [0.1, 0.15) is 22.8 Å². The summed E-state index contributed by atoms with van der Waals surface area (Å²) in [5.74, 6) is -1.71. The number of hydrogen-bond acceptors (Lipinski definition) is 8. The molecule has 0 bridgehead atoms. The number of nitrogens with one attached hydrogen (secondary N) is 1. The van der Waals surface area contributed by atoms with Crippen LogP contribution in [0.4, 0.5) is 10.5 Å². The number of aromatic hydroxyl groups is 1. The Morgan fingerprint density at radius 3 is 2.68 bits per heavy atom. The molecule has 2 aromatic rings. The first-order valence-corrected chi connectivity index (χ1v) is 12.0. The molecule has 0 spiro atoms. The molecule has 3 rings (SSSR count). The molecule has 12 heteroatoms. The van der Waals surface area contributed by atoms with E-state index in [1.54, 1.807) is 13.0 Å². The van der Waals surface area contributed by atoms with E-state index in [0.717, 1.165) is 4.90 Å². The van der Waals surface area contributed by atoms with E-state index in [1.165, 1.54) is 37.5 Å². The Hall–Kier alpha value is -2.77. The molecular weight excluding hydrogens is 599 g/mol. The van der Waals surface area contributed by atoms with Crippen molar-refractivity contribution in [1.82, 2.24) is 4.90 Å². The number of phenolic OH excluding ortho intramolecular Hbond substituents is 1. The van der Waals surface area contributed by atoms with Crippen LogP contribution in [0.3, 0.4) is 0 Å². The van der Waals surface area contributed by atoms with Gasteiger partial charge in [0.15, 0.2) is 11.5 Å². The van der Waals surface area contributed by atoms with Gasteiger partial charge in [-0.2, -0.15) is 0 Å². The first-order valence-electron chi connectivity index (χ1n) is 9.73. The van der Waals surface area contributed by atoms with Gasteiger partial charge in [-0.25, -0.2) is 4.79 Å². The zero-order chi connectivity index (χ0) is 25.0. The van der Waals surface area contributed by atoms with Gasteiger partial charge in [-0.1, -0.05) is 11.6 Å². The number of ether oxygens (including phenoxy) is 2. The molecule has 34 heavy (non-hydrogen) atoms. The van der Waals surface area contributed by atoms with Gasteiger partial charge in [-0.3, -0.25) is 19.3 Å². The van der Waals surface area contributed by atoms with Crippen LogP contribution >= 0.6 is 46.0 Å². The summed E-state index contributed by atoms with van der Waals surface area (Å²) in [6.07, 6.45) is 1.48. The molecule has 0 unspecified atom stereocenters. The minimum absolute atomic E-state index is 0.0293. The maximum atomic E-state index is 12.7. The summed E-state index contributed by atoms with van der Waals surface area (Å²) in [6.45, 7) is 1.30. The molecular formula is C22H18ClIN2O7S. The predicted molar refractivity (Wildman–Crippen MR) is 136 cm³/mol. The van der Waals surface area contributed by atoms with Crippen LogP contribution < -0.4 is 10.1 Å². The highest BCUT2D eigenvalue weighted by Gasteiger charge is 2.36. The summed E-state index contributed by atoms with van der Waals surface area (Å²) in [5, 5.41) is 12.1. The molecule has 0 saturated carbocycles. The highest BCUT2D eigenvalue weighted by Crippen LogP contribution is 2.36. The fourth-order valence-electron chi connectivity index (χ4n) is 2.93. The lowest BCUT2D eigenvalue weighted by Crippen LogP contribution is -2.36. The van der Waals surface area contributed by atoms with Crippen molar-refractivity contribution in [2.45, 2.75) is 6.92 Å². The van der Waals surface area contributed by atoms with Crippen LogP contribution in [0.2, 0.25) is 5.02 Å². The van der Waals surface area contributed by atoms with Crippen molar-refractivity contribution in [3.8, 4) is 11.5 Å². The zero-order valence-corrected chi connectivity index (χ0v) is 21.6. The molecule has 1 saturated heterocycles. The van der Waals surface area contributed by atoms with Gasteiger partial charge in [0.2, 0.25) is 5.91 Å². The Morgan fingerprint density at radius 1 is 1.26 bits per heavy atom. The van der Waals surface area contributed by atoms with Gasteiger partial charge in [0.25, 0.3) is 11.1 Å². The topological polar surface area (TPSA) is 122 Å². The molecule has 0 radical (unpaired) electrons. The first-order chi connectivity index (χ1) is 16.1. The molecule has 1 fully saturated rings. The standard InChI is InChI=1S/C22H18ClIN2O7S/c1-3-33-21(30)13-9-12(4-5-14(13)23)25-18(27)10-26-20(29)17(34-22(26)31)8-11-6-15(24)19(28)16(7-11)32-2/h4-9,28H,3,10H2,1-2H3,(H,25,27)/b17-8+. The highest BCUT2D eigenvalue weighted by molar-refractivity contribution is 14.1. The first kappa shape index (κ1) is 25.8. The van der Waals surface area contributed by atoms with Gasteiger partial charge >= 0.3 is 5.97 Å². The van der Waals surface area contributed by atoms with E-state index >= 15 is 0 Å². The number of amides is 3. The van der Waals surface area contributed by atoms with Crippen LogP contribution in [-0.2, 0) is 14.3 Å². The third-order valence-electron chi connectivity index (χ3n) is 4.49. The van der Waals surface area contributed by atoms with E-state index in [-0.39, 0.29) is 39.3 Å². The largest absolute Gasteiger partial charge is 0.504 e. The molecule has 0 aliphatic carbocycles. The fraction of sp³-hybridized carbons (Fsp3) is 0.182. The number of thioether (sulfide) groups is 1. The molecule has 0 atom stereocenters. The Morgan fingerprint density at radius 2 is 2.00 bits per heavy atom. The van der Waals surface area contributed by atoms with Gasteiger partial charge < -0.3 is 19.9 Å². The van der Waals surface area contributed by atoms with Crippen molar-refractivity contribution in [2.75, 3.05) is 25.6 Å². The monoisotopic (exact) mass is 616 g/mol. The van der Waals surface area contributed by atoms with Crippen LogP contribution in [-0.4, -0.2) is 53.3 Å². The lowest BCUT2D eigenvalue weighted by molar-refractivity contribution is -0.127. The number of phenols is 1. The Labute approximate surface area is 217 Å². The molecule has 0 aromatic heterocycles. The number of benzene rings is 2. The molecule has 3 amide bonds. The van der Waals surface area contributed by atoms with Crippen molar-refractivity contribution in [3.05, 3.63) is 55.0 Å². The van der Waals surface area contributed by atoms with Crippen molar-refractivity contribution in [2.24, 2.45) is 0 Å². The number of carbonyl (C=O) groups is 4. The van der Waals surface area contributed by atoms with Gasteiger partial charge in [-0.15, -0.1) is 0 Å². The van der Waals surface area contributed by atoms with E-state index in [0.29, 0.717) is 20.9 Å². The highest BCUT2D eigenvalue weighted by atomic mass is 127. The van der Waals surface area contributed by atoms with E-state index in [4.69, 9.17) is 21.1 Å². The second-order valence-corrected chi connectivity index (χ2v) is 9.35. The summed E-state index contributed by atoms with van der Waals surface area (Å²) in [7, 11) is 1.40. The molecule has 9 nitrogen and oxygen atoms in total. The summed E-state index contributed by atoms with van der Waals surface area (Å²) >= 11 is 8.63. The van der Waals surface area contributed by atoms with Crippen molar-refractivity contribution in [3.63, 3.8) is 0 Å². The second-order valence-electron chi connectivity index (χ2n) is 6.78. The molecule has 1 heterocycles. The number of hydrogen-bond donors (Lipinski definition) is 2. The van der Waals surface area contributed by atoms with Crippen LogP contribution in [0.5, 0.6) is 11.5 Å². The van der Waals surface area contributed by atoms with E-state index in [1.807, 2.05) is 22.6 Å². The number of rotatable bonds is 7. The van der Waals surface area contributed by atoms with Crippen LogP contribution in [0.15, 0.2) is 35.2 Å². The minimum atomic E-state index is -0.639. The summed E-state index contributed by atoms with van der Waals surface area (Å²) in [4.78, 5) is 50.6.